The molecule has 1 aromatic rings. The van der Waals surface area contributed by atoms with E-state index in [0.29, 0.717) is 16.3 Å². The number of nitrogens with zero attached hydrogens (tertiary/aromatic N) is 1. The van der Waals surface area contributed by atoms with Gasteiger partial charge in [-0.2, -0.15) is 13.2 Å². The van der Waals surface area contributed by atoms with Gasteiger partial charge in [-0.15, -0.1) is 11.3 Å². The summed E-state index contributed by atoms with van der Waals surface area (Å²) >= 11 is 0.634. The third-order valence-corrected chi connectivity index (χ3v) is 3.24. The summed E-state index contributed by atoms with van der Waals surface area (Å²) in [5.74, 6) is -1.53. The first-order chi connectivity index (χ1) is 6.89. The summed E-state index contributed by atoms with van der Waals surface area (Å²) in [7, 11) is 0. The molecule has 0 saturated heterocycles. The molecule has 1 saturated carbocycles. The summed E-state index contributed by atoms with van der Waals surface area (Å²) in [5, 5.41) is 8.91. The van der Waals surface area contributed by atoms with Crippen LogP contribution in [0, 0.1) is 0 Å². The van der Waals surface area contributed by atoms with E-state index in [1.165, 1.54) is 0 Å². The highest BCUT2D eigenvalue weighted by Gasteiger charge is 2.41. The number of halogens is 3. The minimum atomic E-state index is -4.68. The number of rotatable bonds is 2. The van der Waals surface area contributed by atoms with Crippen molar-refractivity contribution in [2.75, 3.05) is 0 Å². The molecule has 1 fully saturated rings. The summed E-state index contributed by atoms with van der Waals surface area (Å²) in [6.07, 6.45) is -3.09. The molecular formula is C8H6F3NO2S. The van der Waals surface area contributed by atoms with E-state index in [4.69, 9.17) is 5.11 Å². The van der Waals surface area contributed by atoms with Crippen LogP contribution in [-0.4, -0.2) is 16.1 Å². The average Bonchev–Trinajstić information content (AvgIpc) is 2.81. The molecule has 7 heteroatoms. The maximum Gasteiger partial charge on any atom is 0.435 e. The van der Waals surface area contributed by atoms with E-state index in [2.05, 4.69) is 4.98 Å². The summed E-state index contributed by atoms with van der Waals surface area (Å²) in [6.45, 7) is 0. The number of carbonyl (C=O) groups is 1. The molecule has 0 amide bonds. The van der Waals surface area contributed by atoms with Crippen molar-refractivity contribution in [3.8, 4) is 0 Å². The largest absolute Gasteiger partial charge is 0.477 e. The highest BCUT2D eigenvalue weighted by atomic mass is 32.1. The summed E-state index contributed by atoms with van der Waals surface area (Å²) in [5.41, 5.74) is -1.26. The zero-order chi connectivity index (χ0) is 11.2. The maximum atomic E-state index is 12.4. The molecule has 0 aromatic carbocycles. The van der Waals surface area contributed by atoms with E-state index in [-0.39, 0.29) is 5.92 Å². The van der Waals surface area contributed by atoms with E-state index < -0.39 is 22.7 Å². The molecule has 1 aliphatic carbocycles. The van der Waals surface area contributed by atoms with E-state index in [1.807, 2.05) is 0 Å². The van der Waals surface area contributed by atoms with Crippen LogP contribution < -0.4 is 0 Å². The van der Waals surface area contributed by atoms with Gasteiger partial charge in [-0.3, -0.25) is 0 Å². The van der Waals surface area contributed by atoms with Gasteiger partial charge in [-0.1, -0.05) is 0 Å². The van der Waals surface area contributed by atoms with E-state index in [0.717, 1.165) is 12.8 Å². The summed E-state index contributed by atoms with van der Waals surface area (Å²) < 4.78 is 37.2. The fraction of sp³-hybridized carbons (Fsp3) is 0.500. The van der Waals surface area contributed by atoms with Crippen molar-refractivity contribution in [3.63, 3.8) is 0 Å². The highest BCUT2D eigenvalue weighted by Crippen LogP contribution is 2.45. The Kier molecular flexibility index (Phi) is 2.22. The highest BCUT2D eigenvalue weighted by molar-refractivity contribution is 7.13. The van der Waals surface area contributed by atoms with Crippen molar-refractivity contribution < 1.29 is 23.1 Å². The van der Waals surface area contributed by atoms with Gasteiger partial charge in [0.05, 0.1) is 5.01 Å². The first kappa shape index (κ1) is 10.4. The number of hydrogen-bond acceptors (Lipinski definition) is 3. The third kappa shape index (κ3) is 1.97. The van der Waals surface area contributed by atoms with Gasteiger partial charge in [-0.05, 0) is 12.8 Å². The minimum absolute atomic E-state index is 0.0317. The molecule has 1 N–H and O–H groups in total. The van der Waals surface area contributed by atoms with Crippen molar-refractivity contribution in [2.24, 2.45) is 0 Å². The first-order valence-electron chi connectivity index (χ1n) is 4.21. The van der Waals surface area contributed by atoms with Crippen LogP contribution in [0.25, 0.3) is 0 Å². The first-order valence-corrected chi connectivity index (χ1v) is 5.02. The lowest BCUT2D eigenvalue weighted by Crippen LogP contribution is -2.11. The van der Waals surface area contributed by atoms with Crippen molar-refractivity contribution >= 4 is 17.3 Å². The number of carboxylic acids is 1. The van der Waals surface area contributed by atoms with Crippen molar-refractivity contribution in [1.29, 1.82) is 0 Å². The standard InChI is InChI=1S/C8H6F3NO2S/c9-8(10,11)5-4(7(13)14)15-6(12-5)3-1-2-3/h3H,1-2H2,(H,13,14). The van der Waals surface area contributed by atoms with Gasteiger partial charge in [0, 0.05) is 5.92 Å². The van der Waals surface area contributed by atoms with E-state index >= 15 is 0 Å². The molecule has 0 aliphatic heterocycles. The van der Waals surface area contributed by atoms with Crippen LogP contribution >= 0.6 is 11.3 Å². The normalized spacial score (nSPS) is 16.7. The lowest BCUT2D eigenvalue weighted by Gasteiger charge is -2.02. The molecule has 3 nitrogen and oxygen atoms in total. The number of carboxylic acid groups (broad SMARTS) is 1. The Balaban J connectivity index is 2.46. The van der Waals surface area contributed by atoms with Gasteiger partial charge in [0.1, 0.15) is 4.88 Å². The molecule has 0 spiro atoms. The second-order valence-electron chi connectivity index (χ2n) is 3.31. The zero-order valence-corrected chi connectivity index (χ0v) is 8.15. The molecule has 82 valence electrons. The topological polar surface area (TPSA) is 50.2 Å². The molecule has 0 bridgehead atoms. The van der Waals surface area contributed by atoms with Gasteiger partial charge >= 0.3 is 12.1 Å². The summed E-state index contributed by atoms with van der Waals surface area (Å²) in [4.78, 5) is 13.3. The van der Waals surface area contributed by atoms with Gasteiger partial charge in [-0.25, -0.2) is 9.78 Å². The lowest BCUT2D eigenvalue weighted by atomic mass is 10.3. The minimum Gasteiger partial charge on any atom is -0.477 e. The van der Waals surface area contributed by atoms with Gasteiger partial charge in [0.25, 0.3) is 0 Å². The Morgan fingerprint density at radius 1 is 1.47 bits per heavy atom. The molecule has 0 atom stereocenters. The monoisotopic (exact) mass is 237 g/mol. The fourth-order valence-electron chi connectivity index (χ4n) is 1.18. The number of aromatic nitrogens is 1. The smallest absolute Gasteiger partial charge is 0.435 e. The Hall–Kier alpha value is -1.11. The van der Waals surface area contributed by atoms with Crippen LogP contribution in [-0.2, 0) is 6.18 Å². The van der Waals surface area contributed by atoms with Gasteiger partial charge in [0.2, 0.25) is 0 Å². The van der Waals surface area contributed by atoms with Crippen LogP contribution in [0.4, 0.5) is 13.2 Å². The van der Waals surface area contributed by atoms with Crippen LogP contribution in [0.2, 0.25) is 0 Å². The second-order valence-corrected chi connectivity index (χ2v) is 4.34. The SMILES string of the molecule is O=C(O)c1sc(C2CC2)nc1C(F)(F)F. The Bertz CT molecular complexity index is 409. The quantitative estimate of drug-likeness (QED) is 0.860. The second kappa shape index (κ2) is 3.19. The molecule has 0 unspecified atom stereocenters. The van der Waals surface area contributed by atoms with Crippen LogP contribution in [0.3, 0.4) is 0 Å². The van der Waals surface area contributed by atoms with Crippen LogP contribution in [0.1, 0.15) is 39.1 Å². The van der Waals surface area contributed by atoms with E-state index in [1.54, 1.807) is 0 Å². The van der Waals surface area contributed by atoms with Gasteiger partial charge < -0.3 is 5.11 Å². The molecule has 0 radical (unpaired) electrons. The third-order valence-electron chi connectivity index (χ3n) is 2.03. The lowest BCUT2D eigenvalue weighted by molar-refractivity contribution is -0.141. The average molecular weight is 237 g/mol. The summed E-state index contributed by atoms with van der Waals surface area (Å²) in [6, 6.07) is 0. The van der Waals surface area contributed by atoms with Crippen LogP contribution in [0.5, 0.6) is 0 Å². The molecular weight excluding hydrogens is 231 g/mol. The predicted octanol–water partition coefficient (Wildman–Crippen LogP) is 2.74. The van der Waals surface area contributed by atoms with Crippen molar-refractivity contribution in [1.82, 2.24) is 4.98 Å². The Morgan fingerprint density at radius 2 is 2.07 bits per heavy atom. The number of aromatic carboxylic acids is 1. The Labute approximate surface area is 86.6 Å². The van der Waals surface area contributed by atoms with Crippen molar-refractivity contribution in [2.45, 2.75) is 24.9 Å². The maximum absolute atomic E-state index is 12.4. The van der Waals surface area contributed by atoms with Gasteiger partial charge in [0.15, 0.2) is 5.69 Å². The number of thiazole rings is 1. The molecule has 2 rings (SSSR count). The van der Waals surface area contributed by atoms with Crippen LogP contribution in [0.15, 0.2) is 0 Å². The zero-order valence-electron chi connectivity index (χ0n) is 7.34. The van der Waals surface area contributed by atoms with E-state index in [9.17, 15) is 18.0 Å². The Morgan fingerprint density at radius 3 is 2.40 bits per heavy atom. The van der Waals surface area contributed by atoms with Crippen molar-refractivity contribution in [3.05, 3.63) is 15.6 Å². The fourth-order valence-corrected chi connectivity index (χ4v) is 2.27. The number of alkyl halides is 3. The molecule has 1 aliphatic rings. The predicted molar refractivity (Wildman–Crippen MR) is 46.1 cm³/mol. The number of hydrogen-bond donors (Lipinski definition) is 1. The molecule has 15 heavy (non-hydrogen) atoms. The molecule has 1 heterocycles. The molecule has 1 aromatic heterocycles.